The Morgan fingerprint density at radius 3 is 3.08 bits per heavy atom. The minimum Gasteiger partial charge on any atom is -0.323 e. The number of rotatable bonds is 0. The molecule has 0 aliphatic heterocycles. The zero-order chi connectivity index (χ0) is 8.72. The van der Waals surface area contributed by atoms with Gasteiger partial charge in [-0.3, -0.25) is 0 Å². The summed E-state index contributed by atoms with van der Waals surface area (Å²) >= 11 is 9.03. The molecule has 0 N–H and O–H groups in total. The van der Waals surface area contributed by atoms with Gasteiger partial charge in [-0.1, -0.05) is 0 Å². The topological polar surface area (TPSA) is 30.7 Å². The Morgan fingerprint density at radius 2 is 2.33 bits per heavy atom. The van der Waals surface area contributed by atoms with Crippen LogP contribution in [0.1, 0.15) is 0 Å². The van der Waals surface area contributed by atoms with E-state index in [0.29, 0.717) is 0 Å². The molecule has 0 fully saturated rings. The van der Waals surface area contributed by atoms with Crippen molar-refractivity contribution in [1.82, 2.24) is 14.5 Å². The Kier molecular flexibility index (Phi) is 1.81. The van der Waals surface area contributed by atoms with Gasteiger partial charge < -0.3 is 4.57 Å². The van der Waals surface area contributed by atoms with Crippen LogP contribution in [0.4, 0.5) is 0 Å². The zero-order valence-electron chi connectivity index (χ0n) is 6.25. The lowest BCUT2D eigenvalue weighted by Crippen LogP contribution is -1.90. The van der Waals surface area contributed by atoms with E-state index in [4.69, 9.17) is 11.6 Å². The minimum absolute atomic E-state index is 0.274. The van der Waals surface area contributed by atoms with Gasteiger partial charge in [-0.2, -0.15) is 4.98 Å². The zero-order valence-corrected chi connectivity index (χ0v) is 8.59. The summed E-state index contributed by atoms with van der Waals surface area (Å²) in [5, 5.41) is 1.25. The first-order valence-electron chi connectivity index (χ1n) is 3.32. The van der Waals surface area contributed by atoms with Gasteiger partial charge in [0.2, 0.25) is 5.28 Å². The molecule has 2 rings (SSSR count). The van der Waals surface area contributed by atoms with Gasteiger partial charge in [0.1, 0.15) is 5.65 Å². The third kappa shape index (κ3) is 1.11. The Balaban J connectivity index is 2.88. The van der Waals surface area contributed by atoms with E-state index in [1.807, 2.05) is 17.7 Å². The van der Waals surface area contributed by atoms with Gasteiger partial charge in [0.25, 0.3) is 0 Å². The average Bonchev–Trinajstić information content (AvgIpc) is 2.31. The molecule has 0 saturated heterocycles. The van der Waals surface area contributed by atoms with Crippen LogP contribution in [0, 0.1) is 0 Å². The van der Waals surface area contributed by atoms with Crippen LogP contribution >= 0.6 is 27.5 Å². The van der Waals surface area contributed by atoms with Gasteiger partial charge in [0.15, 0.2) is 0 Å². The molecule has 0 unspecified atom stereocenters. The quantitative estimate of drug-likeness (QED) is 0.668. The normalized spacial score (nSPS) is 10.9. The van der Waals surface area contributed by atoms with Crippen LogP contribution in [0.3, 0.4) is 0 Å². The highest BCUT2D eigenvalue weighted by molar-refractivity contribution is 9.10. The summed E-state index contributed by atoms with van der Waals surface area (Å²) in [4.78, 5) is 7.97. The molecule has 0 radical (unpaired) electrons. The molecule has 0 amide bonds. The predicted molar refractivity (Wildman–Crippen MR) is 51.2 cm³/mol. The van der Waals surface area contributed by atoms with Crippen LogP contribution in [0.2, 0.25) is 5.28 Å². The number of aromatic nitrogens is 3. The standard InChI is InChI=1S/C7H5BrClN3/c1-12-5(8)2-4-3-10-7(9)11-6(4)12/h2-3H,1H3. The molecule has 0 bridgehead atoms. The summed E-state index contributed by atoms with van der Waals surface area (Å²) in [6, 6.07) is 1.95. The minimum atomic E-state index is 0.274. The number of hydrogen-bond donors (Lipinski definition) is 0. The van der Waals surface area contributed by atoms with Crippen LogP contribution in [0.5, 0.6) is 0 Å². The van der Waals surface area contributed by atoms with Crippen molar-refractivity contribution in [2.24, 2.45) is 7.05 Å². The number of halogens is 2. The lowest BCUT2D eigenvalue weighted by atomic mass is 10.4. The summed E-state index contributed by atoms with van der Waals surface area (Å²) in [5.41, 5.74) is 0.835. The monoisotopic (exact) mass is 245 g/mol. The van der Waals surface area contributed by atoms with Gasteiger partial charge in [-0.05, 0) is 33.6 Å². The summed E-state index contributed by atoms with van der Waals surface area (Å²) in [6.45, 7) is 0. The van der Waals surface area contributed by atoms with Crippen molar-refractivity contribution < 1.29 is 0 Å². The highest BCUT2D eigenvalue weighted by Crippen LogP contribution is 2.20. The molecule has 3 nitrogen and oxygen atoms in total. The molecule has 0 saturated carbocycles. The van der Waals surface area contributed by atoms with E-state index in [-0.39, 0.29) is 5.28 Å². The Labute approximate surface area is 82.5 Å². The van der Waals surface area contributed by atoms with Crippen molar-refractivity contribution in [2.45, 2.75) is 0 Å². The molecule has 0 aliphatic carbocycles. The molecule has 12 heavy (non-hydrogen) atoms. The molecule has 2 heterocycles. The number of nitrogens with zero attached hydrogens (tertiary/aromatic N) is 3. The third-order valence-electron chi connectivity index (χ3n) is 1.68. The molecular formula is C7H5BrClN3. The first-order chi connectivity index (χ1) is 5.68. The van der Waals surface area contributed by atoms with Crippen molar-refractivity contribution in [2.75, 3.05) is 0 Å². The predicted octanol–water partition coefficient (Wildman–Crippen LogP) is 2.38. The lowest BCUT2D eigenvalue weighted by molar-refractivity contribution is 0.919. The molecule has 62 valence electrons. The van der Waals surface area contributed by atoms with Gasteiger partial charge >= 0.3 is 0 Å². The maximum absolute atomic E-state index is 5.65. The van der Waals surface area contributed by atoms with E-state index in [1.54, 1.807) is 6.20 Å². The summed E-state index contributed by atoms with van der Waals surface area (Å²) in [6.07, 6.45) is 1.70. The lowest BCUT2D eigenvalue weighted by Gasteiger charge is -1.95. The fourth-order valence-electron chi connectivity index (χ4n) is 1.06. The Morgan fingerprint density at radius 1 is 1.58 bits per heavy atom. The smallest absolute Gasteiger partial charge is 0.224 e. The van der Waals surface area contributed by atoms with E-state index in [9.17, 15) is 0 Å². The van der Waals surface area contributed by atoms with E-state index >= 15 is 0 Å². The van der Waals surface area contributed by atoms with E-state index in [1.165, 1.54) is 0 Å². The first kappa shape index (κ1) is 8.01. The van der Waals surface area contributed by atoms with Gasteiger partial charge in [0.05, 0.1) is 4.60 Å². The van der Waals surface area contributed by atoms with Crippen molar-refractivity contribution in [1.29, 1.82) is 0 Å². The third-order valence-corrected chi connectivity index (χ3v) is 2.62. The molecule has 2 aromatic rings. The van der Waals surface area contributed by atoms with E-state index < -0.39 is 0 Å². The van der Waals surface area contributed by atoms with Crippen LogP contribution in [-0.4, -0.2) is 14.5 Å². The van der Waals surface area contributed by atoms with Gasteiger partial charge in [-0.25, -0.2) is 4.98 Å². The largest absolute Gasteiger partial charge is 0.323 e. The Hall–Kier alpha value is -0.610. The van der Waals surface area contributed by atoms with E-state index in [0.717, 1.165) is 15.6 Å². The van der Waals surface area contributed by atoms with Crippen LogP contribution < -0.4 is 0 Å². The van der Waals surface area contributed by atoms with Crippen LogP contribution in [-0.2, 0) is 7.05 Å². The molecule has 0 spiro atoms. The summed E-state index contributed by atoms with van der Waals surface area (Å²) in [5.74, 6) is 0. The van der Waals surface area contributed by atoms with Crippen molar-refractivity contribution in [3.05, 3.63) is 22.1 Å². The second-order valence-electron chi connectivity index (χ2n) is 2.44. The van der Waals surface area contributed by atoms with Crippen molar-refractivity contribution in [3.63, 3.8) is 0 Å². The number of hydrogen-bond acceptors (Lipinski definition) is 2. The van der Waals surface area contributed by atoms with Crippen LogP contribution in [0.15, 0.2) is 16.9 Å². The second kappa shape index (κ2) is 2.71. The second-order valence-corrected chi connectivity index (χ2v) is 3.59. The van der Waals surface area contributed by atoms with Crippen molar-refractivity contribution >= 4 is 38.6 Å². The molecule has 0 aliphatic rings. The van der Waals surface area contributed by atoms with Gasteiger partial charge in [0, 0.05) is 18.6 Å². The SMILES string of the molecule is Cn1c(Br)cc2cnc(Cl)nc21. The Bertz CT molecular complexity index is 437. The van der Waals surface area contributed by atoms with Crippen molar-refractivity contribution in [3.8, 4) is 0 Å². The fourth-order valence-corrected chi connectivity index (χ4v) is 1.60. The maximum Gasteiger partial charge on any atom is 0.224 e. The number of aryl methyl sites for hydroxylation is 1. The van der Waals surface area contributed by atoms with Gasteiger partial charge in [-0.15, -0.1) is 0 Å². The molecule has 2 aromatic heterocycles. The van der Waals surface area contributed by atoms with E-state index in [2.05, 4.69) is 25.9 Å². The average molecular weight is 246 g/mol. The summed E-state index contributed by atoms with van der Waals surface area (Å²) < 4.78 is 2.87. The first-order valence-corrected chi connectivity index (χ1v) is 4.49. The highest BCUT2D eigenvalue weighted by Gasteiger charge is 2.04. The highest BCUT2D eigenvalue weighted by atomic mass is 79.9. The molecule has 5 heteroatoms. The van der Waals surface area contributed by atoms with Crippen LogP contribution in [0.25, 0.3) is 11.0 Å². The fraction of sp³-hybridized carbons (Fsp3) is 0.143. The maximum atomic E-state index is 5.65. The summed E-state index contributed by atoms with van der Waals surface area (Å²) in [7, 11) is 1.91. The molecular weight excluding hydrogens is 241 g/mol. The molecule has 0 aromatic carbocycles. The number of fused-ring (bicyclic) bond motifs is 1. The molecule has 0 atom stereocenters.